The summed E-state index contributed by atoms with van der Waals surface area (Å²) >= 11 is 1.81. The van der Waals surface area contributed by atoms with Crippen molar-refractivity contribution in [3.63, 3.8) is 0 Å². The molecule has 0 radical (unpaired) electrons. The van der Waals surface area contributed by atoms with Crippen molar-refractivity contribution in [1.82, 2.24) is 9.88 Å². The quantitative estimate of drug-likeness (QED) is 0.272. The van der Waals surface area contributed by atoms with E-state index in [0.29, 0.717) is 18.5 Å². The molecule has 0 fully saturated rings. The first-order chi connectivity index (χ1) is 16.4. The molecule has 4 aromatic rings. The molecule has 0 saturated heterocycles. The first kappa shape index (κ1) is 24.1. The predicted molar refractivity (Wildman–Crippen MR) is 140 cm³/mol. The Morgan fingerprint density at radius 2 is 1.79 bits per heavy atom. The number of thioether (sulfide) groups is 1. The number of aromatic nitrogens is 1. The number of carbonyl (C=O) groups is 1. The second-order valence-electron chi connectivity index (χ2n) is 8.88. The van der Waals surface area contributed by atoms with Crippen molar-refractivity contribution in [2.45, 2.75) is 51.6 Å². The highest BCUT2D eigenvalue weighted by Crippen LogP contribution is 2.28. The van der Waals surface area contributed by atoms with Crippen LogP contribution >= 0.6 is 11.8 Å². The average molecular weight is 475 g/mol. The van der Waals surface area contributed by atoms with E-state index in [1.807, 2.05) is 43.0 Å². The first-order valence-electron chi connectivity index (χ1n) is 11.7. The lowest BCUT2D eigenvalue weighted by atomic mass is 10.0. The topological polar surface area (TPSA) is 34.0 Å². The monoisotopic (exact) mass is 474 g/mol. The van der Waals surface area contributed by atoms with Gasteiger partial charge in [0.2, 0.25) is 0 Å². The maximum absolute atomic E-state index is 13.6. The summed E-state index contributed by atoms with van der Waals surface area (Å²) in [5, 5.41) is 4.08. The van der Waals surface area contributed by atoms with Gasteiger partial charge in [-0.15, -0.1) is 11.8 Å². The molecular weight excluding hydrogens is 443 g/mol. The molecule has 1 amide bonds. The van der Waals surface area contributed by atoms with Crippen LogP contribution in [-0.4, -0.2) is 16.2 Å². The molecule has 0 saturated carbocycles. The highest BCUT2D eigenvalue weighted by Gasteiger charge is 2.15. The van der Waals surface area contributed by atoms with E-state index in [1.165, 1.54) is 11.0 Å². The standard InChI is InChI=1S/C29H31FN2OS/c1-5-34-27-11-6-21(7-12-27)18-31-29(33)23-9-13-28-24(15-23)17-26(32(28)19(2)3)16-22-8-10-25(30)14-20(22)4/h6-15,17,19H,5,16,18H2,1-4H3,(H,31,33). The lowest BCUT2D eigenvalue weighted by molar-refractivity contribution is 0.0951. The van der Waals surface area contributed by atoms with Gasteiger partial charge in [-0.1, -0.05) is 25.1 Å². The lowest BCUT2D eigenvalue weighted by Gasteiger charge is -2.16. The molecule has 3 aromatic carbocycles. The van der Waals surface area contributed by atoms with E-state index in [9.17, 15) is 9.18 Å². The van der Waals surface area contributed by atoms with Gasteiger partial charge in [-0.2, -0.15) is 0 Å². The van der Waals surface area contributed by atoms with E-state index in [0.717, 1.165) is 39.0 Å². The van der Waals surface area contributed by atoms with E-state index in [1.54, 1.807) is 6.07 Å². The molecule has 34 heavy (non-hydrogen) atoms. The second kappa shape index (κ2) is 10.5. The molecule has 0 aliphatic heterocycles. The van der Waals surface area contributed by atoms with E-state index in [2.05, 4.69) is 61.0 Å². The first-order valence-corrected chi connectivity index (χ1v) is 12.7. The summed E-state index contributed by atoms with van der Waals surface area (Å²) in [6.45, 7) is 8.89. The number of fused-ring (bicyclic) bond motifs is 1. The molecule has 0 aliphatic carbocycles. The van der Waals surface area contributed by atoms with Gasteiger partial charge in [0.15, 0.2) is 0 Å². The van der Waals surface area contributed by atoms with Gasteiger partial charge in [-0.05, 0) is 91.7 Å². The highest BCUT2D eigenvalue weighted by molar-refractivity contribution is 7.99. The van der Waals surface area contributed by atoms with Gasteiger partial charge >= 0.3 is 0 Å². The Hall–Kier alpha value is -3.05. The van der Waals surface area contributed by atoms with Gasteiger partial charge in [-0.3, -0.25) is 4.79 Å². The van der Waals surface area contributed by atoms with E-state index >= 15 is 0 Å². The molecule has 0 unspecified atom stereocenters. The molecule has 1 aromatic heterocycles. The lowest BCUT2D eigenvalue weighted by Crippen LogP contribution is -2.22. The number of carbonyl (C=O) groups excluding carboxylic acids is 1. The Morgan fingerprint density at radius 1 is 1.03 bits per heavy atom. The predicted octanol–water partition coefficient (Wildman–Crippen LogP) is 7.30. The van der Waals surface area contributed by atoms with Crippen molar-refractivity contribution >= 4 is 28.6 Å². The van der Waals surface area contributed by atoms with Gasteiger partial charge in [0.25, 0.3) is 5.91 Å². The third kappa shape index (κ3) is 5.36. The highest BCUT2D eigenvalue weighted by atomic mass is 32.2. The largest absolute Gasteiger partial charge is 0.348 e. The number of hydrogen-bond donors (Lipinski definition) is 1. The summed E-state index contributed by atoms with van der Waals surface area (Å²) in [4.78, 5) is 14.1. The van der Waals surface area contributed by atoms with Crippen LogP contribution in [0, 0.1) is 12.7 Å². The van der Waals surface area contributed by atoms with E-state index in [-0.39, 0.29) is 17.8 Å². The normalized spacial score (nSPS) is 11.4. The zero-order valence-corrected chi connectivity index (χ0v) is 21.0. The minimum Gasteiger partial charge on any atom is -0.348 e. The Morgan fingerprint density at radius 3 is 2.47 bits per heavy atom. The summed E-state index contributed by atoms with van der Waals surface area (Å²) < 4.78 is 15.9. The van der Waals surface area contributed by atoms with Crippen LogP contribution in [0.1, 0.15) is 59.6 Å². The van der Waals surface area contributed by atoms with Crippen LogP contribution < -0.4 is 5.32 Å². The number of nitrogens with zero attached hydrogens (tertiary/aromatic N) is 1. The zero-order valence-electron chi connectivity index (χ0n) is 20.2. The number of amides is 1. The van der Waals surface area contributed by atoms with Crippen LogP contribution in [0.2, 0.25) is 0 Å². The summed E-state index contributed by atoms with van der Waals surface area (Å²) in [5.41, 5.74) is 6.04. The number of benzene rings is 3. The van der Waals surface area contributed by atoms with Crippen molar-refractivity contribution in [3.05, 3.63) is 100 Å². The molecule has 0 bridgehead atoms. The van der Waals surface area contributed by atoms with Crippen LogP contribution in [-0.2, 0) is 13.0 Å². The van der Waals surface area contributed by atoms with Crippen molar-refractivity contribution in [2.24, 2.45) is 0 Å². The number of rotatable bonds is 8. The summed E-state index contributed by atoms with van der Waals surface area (Å²) in [7, 11) is 0. The molecule has 1 N–H and O–H groups in total. The fourth-order valence-electron chi connectivity index (χ4n) is 4.39. The van der Waals surface area contributed by atoms with Gasteiger partial charge in [0.1, 0.15) is 5.82 Å². The number of hydrogen-bond acceptors (Lipinski definition) is 2. The Labute approximate surface area is 205 Å². The molecule has 1 heterocycles. The minimum atomic E-state index is -0.211. The fraction of sp³-hybridized carbons (Fsp3) is 0.276. The van der Waals surface area contributed by atoms with Crippen molar-refractivity contribution in [3.8, 4) is 0 Å². The molecule has 4 rings (SSSR count). The SMILES string of the molecule is CCSc1ccc(CNC(=O)c2ccc3c(c2)cc(Cc2ccc(F)cc2C)n3C(C)C)cc1. The fourth-order valence-corrected chi connectivity index (χ4v) is 5.05. The molecule has 0 aliphatic rings. The number of aryl methyl sites for hydroxylation is 1. The van der Waals surface area contributed by atoms with Gasteiger partial charge in [0.05, 0.1) is 0 Å². The van der Waals surface area contributed by atoms with E-state index < -0.39 is 0 Å². The smallest absolute Gasteiger partial charge is 0.251 e. The van der Waals surface area contributed by atoms with Crippen LogP contribution in [0.15, 0.2) is 71.6 Å². The average Bonchev–Trinajstić information content (AvgIpc) is 3.18. The Balaban J connectivity index is 1.55. The summed E-state index contributed by atoms with van der Waals surface area (Å²) in [5.74, 6) is 0.752. The molecule has 176 valence electrons. The van der Waals surface area contributed by atoms with Crippen molar-refractivity contribution < 1.29 is 9.18 Å². The summed E-state index contributed by atoms with van der Waals surface area (Å²) in [6, 6.07) is 21.6. The third-order valence-electron chi connectivity index (χ3n) is 6.06. The summed E-state index contributed by atoms with van der Waals surface area (Å²) in [6.07, 6.45) is 0.715. The minimum absolute atomic E-state index is 0.0814. The van der Waals surface area contributed by atoms with Crippen LogP contribution in [0.25, 0.3) is 10.9 Å². The van der Waals surface area contributed by atoms with Crippen LogP contribution in [0.4, 0.5) is 4.39 Å². The van der Waals surface area contributed by atoms with Crippen LogP contribution in [0.5, 0.6) is 0 Å². The van der Waals surface area contributed by atoms with Crippen molar-refractivity contribution in [2.75, 3.05) is 5.75 Å². The third-order valence-corrected chi connectivity index (χ3v) is 6.96. The number of nitrogens with one attached hydrogen (secondary N) is 1. The molecule has 0 atom stereocenters. The van der Waals surface area contributed by atoms with Crippen molar-refractivity contribution in [1.29, 1.82) is 0 Å². The van der Waals surface area contributed by atoms with Gasteiger partial charge in [-0.25, -0.2) is 4.39 Å². The second-order valence-corrected chi connectivity index (χ2v) is 10.2. The molecule has 3 nitrogen and oxygen atoms in total. The Bertz CT molecular complexity index is 1310. The van der Waals surface area contributed by atoms with E-state index in [4.69, 9.17) is 0 Å². The molecule has 5 heteroatoms. The van der Waals surface area contributed by atoms with Crippen LogP contribution in [0.3, 0.4) is 0 Å². The number of halogens is 1. The van der Waals surface area contributed by atoms with Gasteiger partial charge in [0, 0.05) is 46.1 Å². The molecule has 0 spiro atoms. The van der Waals surface area contributed by atoms with Gasteiger partial charge < -0.3 is 9.88 Å². The maximum atomic E-state index is 13.6. The molecular formula is C29H31FN2OS. The zero-order chi connectivity index (χ0) is 24.2. The maximum Gasteiger partial charge on any atom is 0.251 e. The Kier molecular flexibility index (Phi) is 7.42.